The molecule has 0 unspecified atom stereocenters. The Morgan fingerprint density at radius 3 is 2.11 bits per heavy atom. The molecular weight excluding hydrogens is 498 g/mol. The fraction of sp³-hybridized carbons (Fsp3) is 0.259. The summed E-state index contributed by atoms with van der Waals surface area (Å²) in [5.74, 6) is -0.809. The Kier molecular flexibility index (Phi) is 9.12. The Morgan fingerprint density at radius 1 is 0.944 bits per heavy atom. The van der Waals surface area contributed by atoms with E-state index in [1.807, 2.05) is 44.2 Å². The molecule has 0 heterocycles. The van der Waals surface area contributed by atoms with Gasteiger partial charge in [-0.1, -0.05) is 66.6 Å². The van der Waals surface area contributed by atoms with Crippen molar-refractivity contribution in [3.63, 3.8) is 0 Å². The van der Waals surface area contributed by atoms with Gasteiger partial charge in [-0.15, -0.1) is 0 Å². The van der Waals surface area contributed by atoms with Crippen LogP contribution in [-0.2, 0) is 26.2 Å². The molecule has 1 atom stereocenters. The molecular formula is C27H30ClN3O4S. The highest BCUT2D eigenvalue weighted by molar-refractivity contribution is 7.92. The summed E-state index contributed by atoms with van der Waals surface area (Å²) < 4.78 is 28.5. The molecule has 0 aliphatic heterocycles. The number of benzene rings is 3. The van der Waals surface area contributed by atoms with Crippen molar-refractivity contribution < 1.29 is 18.0 Å². The monoisotopic (exact) mass is 527 g/mol. The van der Waals surface area contributed by atoms with E-state index in [9.17, 15) is 18.0 Å². The topological polar surface area (TPSA) is 86.8 Å². The molecule has 36 heavy (non-hydrogen) atoms. The lowest BCUT2D eigenvalue weighted by Crippen LogP contribution is -2.51. The first-order chi connectivity index (χ1) is 17.2. The highest BCUT2D eigenvalue weighted by Crippen LogP contribution is 2.26. The lowest BCUT2D eigenvalue weighted by Gasteiger charge is -2.33. The molecule has 190 valence electrons. The van der Waals surface area contributed by atoms with E-state index in [0.29, 0.717) is 17.1 Å². The van der Waals surface area contributed by atoms with Crippen molar-refractivity contribution in [1.82, 2.24) is 10.2 Å². The summed E-state index contributed by atoms with van der Waals surface area (Å²) in [7, 11) is -2.60. The smallest absolute Gasteiger partial charge is 0.264 e. The molecule has 0 bridgehead atoms. The molecule has 0 fully saturated rings. The van der Waals surface area contributed by atoms with Gasteiger partial charge in [-0.3, -0.25) is 13.9 Å². The Morgan fingerprint density at radius 2 is 1.56 bits per heavy atom. The Hall–Kier alpha value is -3.36. The molecule has 0 saturated heterocycles. The van der Waals surface area contributed by atoms with E-state index in [1.165, 1.54) is 36.2 Å². The zero-order chi connectivity index (χ0) is 26.3. The van der Waals surface area contributed by atoms with Crippen LogP contribution in [0.1, 0.15) is 24.5 Å². The van der Waals surface area contributed by atoms with Crippen LogP contribution in [0.5, 0.6) is 0 Å². The quantitative estimate of drug-likeness (QED) is 0.423. The van der Waals surface area contributed by atoms with Gasteiger partial charge in [0.1, 0.15) is 12.6 Å². The van der Waals surface area contributed by atoms with Crippen LogP contribution < -0.4 is 9.62 Å². The fourth-order valence-electron chi connectivity index (χ4n) is 3.84. The summed E-state index contributed by atoms with van der Waals surface area (Å²) >= 11 is 5.97. The van der Waals surface area contributed by atoms with Crippen LogP contribution in [0.3, 0.4) is 0 Å². The average Bonchev–Trinajstić information content (AvgIpc) is 2.88. The maximum absolute atomic E-state index is 13.8. The minimum Gasteiger partial charge on any atom is -0.357 e. The molecule has 3 rings (SSSR count). The number of rotatable bonds is 10. The van der Waals surface area contributed by atoms with Crippen LogP contribution in [0.15, 0.2) is 83.8 Å². The molecule has 0 spiro atoms. The van der Waals surface area contributed by atoms with Crippen LogP contribution >= 0.6 is 11.6 Å². The number of carbonyl (C=O) groups is 2. The molecule has 9 heteroatoms. The van der Waals surface area contributed by atoms with Crippen molar-refractivity contribution in [3.8, 4) is 0 Å². The van der Waals surface area contributed by atoms with E-state index in [0.717, 1.165) is 15.4 Å². The predicted octanol–water partition coefficient (Wildman–Crippen LogP) is 4.40. The number of likely N-dealkylation sites (N-methyl/N-ethyl adjacent to an activating group) is 1. The lowest BCUT2D eigenvalue weighted by atomic mass is 10.1. The standard InChI is InChI=1S/C27H30ClN3O4S/c1-4-25(27(33)29-3)30(18-21-8-6-5-7-9-21)26(32)19-31(23-14-10-20(2)11-15-23)36(34,35)24-16-12-22(28)13-17-24/h5-17,25H,4,18-19H2,1-3H3,(H,29,33)/t25-/m1/s1. The van der Waals surface area contributed by atoms with Crippen molar-refractivity contribution >= 4 is 39.1 Å². The largest absolute Gasteiger partial charge is 0.357 e. The minimum atomic E-state index is -4.12. The number of carbonyl (C=O) groups excluding carboxylic acids is 2. The van der Waals surface area contributed by atoms with Crippen molar-refractivity contribution in [3.05, 3.63) is 95.0 Å². The fourth-order valence-corrected chi connectivity index (χ4v) is 5.38. The summed E-state index contributed by atoms with van der Waals surface area (Å²) in [6.07, 6.45) is 0.368. The van der Waals surface area contributed by atoms with Crippen LogP contribution in [0, 0.1) is 6.92 Å². The van der Waals surface area contributed by atoms with Crippen molar-refractivity contribution in [2.75, 3.05) is 17.9 Å². The Balaban J connectivity index is 2.04. The van der Waals surface area contributed by atoms with E-state index in [-0.39, 0.29) is 17.3 Å². The SMILES string of the molecule is CC[C@H](C(=O)NC)N(Cc1ccccc1)C(=O)CN(c1ccc(C)cc1)S(=O)(=O)c1ccc(Cl)cc1. The highest BCUT2D eigenvalue weighted by Gasteiger charge is 2.33. The summed E-state index contributed by atoms with van der Waals surface area (Å²) in [6.45, 7) is 3.39. The van der Waals surface area contributed by atoms with Gasteiger partial charge in [-0.2, -0.15) is 0 Å². The maximum atomic E-state index is 13.8. The zero-order valence-electron chi connectivity index (χ0n) is 20.5. The first-order valence-electron chi connectivity index (χ1n) is 11.6. The second kappa shape index (κ2) is 12.1. The van der Waals surface area contributed by atoms with E-state index < -0.39 is 28.5 Å². The second-order valence-electron chi connectivity index (χ2n) is 8.35. The van der Waals surface area contributed by atoms with Gasteiger partial charge in [0.05, 0.1) is 10.6 Å². The van der Waals surface area contributed by atoms with Crippen LogP contribution in [0.4, 0.5) is 5.69 Å². The van der Waals surface area contributed by atoms with E-state index in [1.54, 1.807) is 24.3 Å². The number of anilines is 1. The first-order valence-corrected chi connectivity index (χ1v) is 13.4. The molecule has 0 radical (unpaired) electrons. The Labute approximate surface area is 217 Å². The van der Waals surface area contributed by atoms with Crippen LogP contribution in [0.2, 0.25) is 5.02 Å². The molecule has 0 aromatic heterocycles. The van der Waals surface area contributed by atoms with Crippen molar-refractivity contribution in [1.29, 1.82) is 0 Å². The normalized spacial score (nSPS) is 12.0. The van der Waals surface area contributed by atoms with Crippen molar-refractivity contribution in [2.45, 2.75) is 37.8 Å². The molecule has 2 amide bonds. The number of hydrogen-bond donors (Lipinski definition) is 1. The maximum Gasteiger partial charge on any atom is 0.264 e. The molecule has 1 N–H and O–H groups in total. The minimum absolute atomic E-state index is 0.00762. The molecule has 3 aromatic carbocycles. The number of sulfonamides is 1. The van der Waals surface area contributed by atoms with Gasteiger partial charge in [0.2, 0.25) is 11.8 Å². The number of aryl methyl sites for hydroxylation is 1. The van der Waals surface area contributed by atoms with E-state index in [4.69, 9.17) is 11.6 Å². The van der Waals surface area contributed by atoms with Gasteiger partial charge in [-0.05, 0) is 55.3 Å². The average molecular weight is 528 g/mol. The van der Waals surface area contributed by atoms with Gasteiger partial charge >= 0.3 is 0 Å². The third-order valence-corrected chi connectivity index (χ3v) is 7.87. The second-order valence-corrected chi connectivity index (χ2v) is 10.6. The number of amides is 2. The van der Waals surface area contributed by atoms with E-state index >= 15 is 0 Å². The third kappa shape index (κ3) is 6.44. The summed E-state index contributed by atoms with van der Waals surface area (Å²) in [5.41, 5.74) is 2.12. The highest BCUT2D eigenvalue weighted by atomic mass is 35.5. The van der Waals surface area contributed by atoms with Gasteiger partial charge in [-0.25, -0.2) is 8.42 Å². The zero-order valence-corrected chi connectivity index (χ0v) is 22.1. The number of nitrogens with one attached hydrogen (secondary N) is 1. The van der Waals surface area contributed by atoms with Crippen LogP contribution in [0.25, 0.3) is 0 Å². The van der Waals surface area contributed by atoms with Gasteiger partial charge in [0, 0.05) is 18.6 Å². The summed E-state index contributed by atoms with van der Waals surface area (Å²) in [6, 6.07) is 21.2. The lowest BCUT2D eigenvalue weighted by molar-refractivity contribution is -0.140. The summed E-state index contributed by atoms with van der Waals surface area (Å²) in [4.78, 5) is 27.9. The predicted molar refractivity (Wildman–Crippen MR) is 142 cm³/mol. The van der Waals surface area contributed by atoms with Gasteiger partial charge in [0.25, 0.3) is 10.0 Å². The molecule has 0 aliphatic carbocycles. The van der Waals surface area contributed by atoms with Gasteiger partial charge < -0.3 is 10.2 Å². The first kappa shape index (κ1) is 27.2. The molecule has 3 aromatic rings. The summed E-state index contributed by atoms with van der Waals surface area (Å²) in [5, 5.41) is 3.01. The molecule has 0 saturated carbocycles. The van der Waals surface area contributed by atoms with Crippen LogP contribution in [-0.4, -0.2) is 44.8 Å². The van der Waals surface area contributed by atoms with Crippen molar-refractivity contribution in [2.24, 2.45) is 0 Å². The van der Waals surface area contributed by atoms with Gasteiger partial charge in [0.15, 0.2) is 0 Å². The third-order valence-electron chi connectivity index (χ3n) is 5.83. The molecule has 0 aliphatic rings. The number of hydrogen-bond acceptors (Lipinski definition) is 4. The van der Waals surface area contributed by atoms with E-state index in [2.05, 4.69) is 5.32 Å². The number of nitrogens with zero attached hydrogens (tertiary/aromatic N) is 2. The number of halogens is 1. The molecule has 7 nitrogen and oxygen atoms in total. The Bertz CT molecular complexity index is 1280.